The molecule has 94 valence electrons. The zero-order valence-corrected chi connectivity index (χ0v) is 10.4. The summed E-state index contributed by atoms with van der Waals surface area (Å²) in [5.74, 6) is -0.207. The zero-order valence-electron chi connectivity index (χ0n) is 10.4. The van der Waals surface area contributed by atoms with Crippen molar-refractivity contribution in [1.82, 2.24) is 15.1 Å². The van der Waals surface area contributed by atoms with Gasteiger partial charge in [0.2, 0.25) is 5.91 Å². The molecule has 1 N–H and O–H groups in total. The molecule has 5 nitrogen and oxygen atoms in total. The molecule has 0 atom stereocenters. The summed E-state index contributed by atoms with van der Waals surface area (Å²) in [5, 5.41) is 8.24. The second-order valence-electron chi connectivity index (χ2n) is 4.05. The molecule has 1 aromatic heterocycles. The summed E-state index contributed by atoms with van der Waals surface area (Å²) in [6.07, 6.45) is 0. The predicted octanol–water partition coefficient (Wildman–Crippen LogP) is 0.841. The smallest absolute Gasteiger partial charge is 0.275 e. The van der Waals surface area contributed by atoms with Crippen LogP contribution in [-0.4, -0.2) is 22.2 Å². The molecule has 0 spiro atoms. The maximum atomic E-state index is 12.1. The van der Waals surface area contributed by atoms with Crippen molar-refractivity contribution in [3.05, 3.63) is 40.3 Å². The normalized spacial score (nSPS) is 10.6. The van der Waals surface area contributed by atoms with Crippen molar-refractivity contribution in [2.45, 2.75) is 20.4 Å². The average molecular weight is 245 g/mol. The fourth-order valence-electron chi connectivity index (χ4n) is 1.90. The fourth-order valence-corrected chi connectivity index (χ4v) is 1.90. The lowest BCUT2D eigenvalue weighted by atomic mass is 10.1. The highest BCUT2D eigenvalue weighted by atomic mass is 16.2. The van der Waals surface area contributed by atoms with Crippen molar-refractivity contribution < 1.29 is 4.79 Å². The van der Waals surface area contributed by atoms with Gasteiger partial charge in [0.05, 0.1) is 11.1 Å². The van der Waals surface area contributed by atoms with E-state index >= 15 is 0 Å². The van der Waals surface area contributed by atoms with Gasteiger partial charge in [0.15, 0.2) is 0 Å². The van der Waals surface area contributed by atoms with Crippen molar-refractivity contribution in [3.63, 3.8) is 0 Å². The standard InChI is InChI=1S/C13H15N3O2/c1-3-14-12(17)8-16-13(18)11-7-5-4-6-10(11)9(2)15-16/h4-7H,3,8H2,1-2H3,(H,14,17). The number of nitrogens with zero attached hydrogens (tertiary/aromatic N) is 2. The third kappa shape index (κ3) is 2.25. The first-order chi connectivity index (χ1) is 8.63. The van der Waals surface area contributed by atoms with E-state index in [0.29, 0.717) is 11.9 Å². The van der Waals surface area contributed by atoms with Gasteiger partial charge in [0, 0.05) is 11.9 Å². The van der Waals surface area contributed by atoms with Crippen LogP contribution in [0.4, 0.5) is 0 Å². The Labute approximate surface area is 104 Å². The quantitative estimate of drug-likeness (QED) is 0.871. The Kier molecular flexibility index (Phi) is 3.41. The molecule has 0 aliphatic heterocycles. The highest BCUT2D eigenvalue weighted by Gasteiger charge is 2.09. The van der Waals surface area contributed by atoms with E-state index in [9.17, 15) is 9.59 Å². The molecule has 0 aliphatic rings. The van der Waals surface area contributed by atoms with Gasteiger partial charge in [-0.25, -0.2) is 4.68 Å². The summed E-state index contributed by atoms with van der Waals surface area (Å²) < 4.78 is 1.21. The molecule has 2 rings (SSSR count). The number of carbonyl (C=O) groups is 1. The summed E-state index contributed by atoms with van der Waals surface area (Å²) >= 11 is 0. The number of amides is 1. The first-order valence-corrected chi connectivity index (χ1v) is 5.86. The van der Waals surface area contributed by atoms with Crippen molar-refractivity contribution in [1.29, 1.82) is 0 Å². The first-order valence-electron chi connectivity index (χ1n) is 5.86. The zero-order chi connectivity index (χ0) is 13.1. The van der Waals surface area contributed by atoms with E-state index in [1.807, 2.05) is 26.0 Å². The van der Waals surface area contributed by atoms with Crippen LogP contribution in [0.25, 0.3) is 10.8 Å². The maximum Gasteiger partial charge on any atom is 0.275 e. The molecule has 1 heterocycles. The van der Waals surface area contributed by atoms with Crippen molar-refractivity contribution in [2.24, 2.45) is 0 Å². The van der Waals surface area contributed by atoms with Crippen LogP contribution >= 0.6 is 0 Å². The molecule has 1 amide bonds. The molecule has 1 aromatic carbocycles. The molecule has 5 heteroatoms. The largest absolute Gasteiger partial charge is 0.355 e. The van der Waals surface area contributed by atoms with Crippen LogP contribution in [0, 0.1) is 6.92 Å². The number of aryl methyl sites for hydroxylation is 1. The van der Waals surface area contributed by atoms with Gasteiger partial charge in [-0.15, -0.1) is 0 Å². The number of carbonyl (C=O) groups excluding carboxylic acids is 1. The maximum absolute atomic E-state index is 12.1. The minimum Gasteiger partial charge on any atom is -0.355 e. The Hall–Kier alpha value is -2.17. The summed E-state index contributed by atoms with van der Waals surface area (Å²) in [4.78, 5) is 23.6. The van der Waals surface area contributed by atoms with Gasteiger partial charge in [-0.05, 0) is 19.9 Å². The van der Waals surface area contributed by atoms with Gasteiger partial charge in [-0.2, -0.15) is 5.10 Å². The molecule has 2 aromatic rings. The van der Waals surface area contributed by atoms with Gasteiger partial charge in [-0.3, -0.25) is 9.59 Å². The Morgan fingerprint density at radius 3 is 2.67 bits per heavy atom. The molecule has 0 unspecified atom stereocenters. The number of nitrogens with one attached hydrogen (secondary N) is 1. The topological polar surface area (TPSA) is 64.0 Å². The Morgan fingerprint density at radius 2 is 2.00 bits per heavy atom. The SMILES string of the molecule is CCNC(=O)Cn1nc(C)c2ccccc2c1=O. The van der Waals surface area contributed by atoms with E-state index < -0.39 is 0 Å². The van der Waals surface area contributed by atoms with E-state index in [4.69, 9.17) is 0 Å². The van der Waals surface area contributed by atoms with Crippen LogP contribution in [0.5, 0.6) is 0 Å². The fraction of sp³-hybridized carbons (Fsp3) is 0.308. The van der Waals surface area contributed by atoms with Crippen LogP contribution in [-0.2, 0) is 11.3 Å². The van der Waals surface area contributed by atoms with Gasteiger partial charge >= 0.3 is 0 Å². The average Bonchev–Trinajstić information content (AvgIpc) is 2.36. The number of rotatable bonds is 3. The third-order valence-electron chi connectivity index (χ3n) is 2.72. The van der Waals surface area contributed by atoms with Crippen molar-refractivity contribution in [2.75, 3.05) is 6.54 Å². The van der Waals surface area contributed by atoms with Crippen LogP contribution < -0.4 is 10.9 Å². The van der Waals surface area contributed by atoms with E-state index in [-0.39, 0.29) is 18.0 Å². The second-order valence-corrected chi connectivity index (χ2v) is 4.05. The molecule has 0 aliphatic carbocycles. The van der Waals surface area contributed by atoms with Gasteiger partial charge in [-0.1, -0.05) is 18.2 Å². The van der Waals surface area contributed by atoms with E-state index in [1.165, 1.54) is 4.68 Å². The number of hydrogen-bond donors (Lipinski definition) is 1. The Morgan fingerprint density at radius 1 is 1.33 bits per heavy atom. The number of aromatic nitrogens is 2. The lowest BCUT2D eigenvalue weighted by molar-refractivity contribution is -0.121. The van der Waals surface area contributed by atoms with Crippen LogP contribution in [0.15, 0.2) is 29.1 Å². The summed E-state index contributed by atoms with van der Waals surface area (Å²) in [6, 6.07) is 7.28. The van der Waals surface area contributed by atoms with Crippen molar-refractivity contribution >= 4 is 16.7 Å². The van der Waals surface area contributed by atoms with Crippen LogP contribution in [0.3, 0.4) is 0 Å². The summed E-state index contributed by atoms with van der Waals surface area (Å²) in [7, 11) is 0. The predicted molar refractivity (Wildman–Crippen MR) is 69.4 cm³/mol. The highest BCUT2D eigenvalue weighted by Crippen LogP contribution is 2.11. The molecule has 0 saturated heterocycles. The van der Waals surface area contributed by atoms with Crippen LogP contribution in [0.2, 0.25) is 0 Å². The monoisotopic (exact) mass is 245 g/mol. The molecule has 0 saturated carbocycles. The summed E-state index contributed by atoms with van der Waals surface area (Å²) in [6.45, 7) is 4.16. The van der Waals surface area contributed by atoms with Crippen LogP contribution in [0.1, 0.15) is 12.6 Å². The number of fused-ring (bicyclic) bond motifs is 1. The van der Waals surface area contributed by atoms with Crippen molar-refractivity contribution in [3.8, 4) is 0 Å². The molecular weight excluding hydrogens is 230 g/mol. The van der Waals surface area contributed by atoms with E-state index in [1.54, 1.807) is 12.1 Å². The molecule has 0 fully saturated rings. The molecule has 18 heavy (non-hydrogen) atoms. The lowest BCUT2D eigenvalue weighted by Crippen LogP contribution is -2.33. The molecular formula is C13H15N3O2. The van der Waals surface area contributed by atoms with Gasteiger partial charge in [0.25, 0.3) is 5.56 Å². The Bertz CT molecular complexity index is 646. The van der Waals surface area contributed by atoms with Gasteiger partial charge < -0.3 is 5.32 Å². The third-order valence-corrected chi connectivity index (χ3v) is 2.72. The highest BCUT2D eigenvalue weighted by molar-refractivity contribution is 5.83. The number of hydrogen-bond acceptors (Lipinski definition) is 3. The van der Waals surface area contributed by atoms with E-state index in [0.717, 1.165) is 11.1 Å². The molecule has 0 radical (unpaired) electrons. The number of benzene rings is 1. The second kappa shape index (κ2) is 5.00. The lowest BCUT2D eigenvalue weighted by Gasteiger charge is -2.08. The van der Waals surface area contributed by atoms with Gasteiger partial charge in [0.1, 0.15) is 6.54 Å². The summed E-state index contributed by atoms with van der Waals surface area (Å²) in [5.41, 5.74) is 0.511. The molecule has 0 bridgehead atoms. The number of likely N-dealkylation sites (N-methyl/N-ethyl adjacent to an activating group) is 1. The first kappa shape index (κ1) is 12.3. The minimum absolute atomic E-state index is 0.0433. The van der Waals surface area contributed by atoms with E-state index in [2.05, 4.69) is 10.4 Å². The minimum atomic E-state index is -0.234. The Balaban J connectivity index is 2.50.